The first kappa shape index (κ1) is 11.0. The molecule has 0 radical (unpaired) electrons. The fraction of sp³-hybridized carbons (Fsp3) is 0.167. The normalized spacial score (nSPS) is 10.4. The van der Waals surface area contributed by atoms with Crippen LogP contribution < -0.4 is 5.73 Å². The lowest BCUT2D eigenvalue weighted by Crippen LogP contribution is -1.97. The van der Waals surface area contributed by atoms with E-state index in [2.05, 4.69) is 35.1 Å². The van der Waals surface area contributed by atoms with Gasteiger partial charge in [-0.3, -0.25) is 0 Å². The molecule has 0 spiro atoms. The number of benzene rings is 1. The molecule has 1 aromatic heterocycles. The molecule has 2 N–H and O–H groups in total. The summed E-state index contributed by atoms with van der Waals surface area (Å²) in [5, 5.41) is 0.915. The Morgan fingerprint density at radius 2 is 2.06 bits per heavy atom. The van der Waals surface area contributed by atoms with E-state index in [1.165, 1.54) is 10.5 Å². The predicted molar refractivity (Wildman–Crippen MR) is 66.5 cm³/mol. The highest BCUT2D eigenvalue weighted by Crippen LogP contribution is 2.28. The third kappa shape index (κ3) is 2.52. The van der Waals surface area contributed by atoms with E-state index in [1.54, 1.807) is 18.0 Å². The molecule has 2 rings (SSSR count). The van der Waals surface area contributed by atoms with Crippen molar-refractivity contribution < 1.29 is 0 Å². The van der Waals surface area contributed by atoms with Gasteiger partial charge in [-0.25, -0.2) is 9.97 Å². The molecule has 0 aliphatic carbocycles. The van der Waals surface area contributed by atoms with Crippen LogP contribution in [0.2, 0.25) is 0 Å². The van der Waals surface area contributed by atoms with Crippen LogP contribution in [0.25, 0.3) is 0 Å². The van der Waals surface area contributed by atoms with Gasteiger partial charge in [-0.05, 0) is 26.0 Å². The van der Waals surface area contributed by atoms with Gasteiger partial charge in [-0.1, -0.05) is 29.5 Å². The first-order valence-corrected chi connectivity index (χ1v) is 5.80. The summed E-state index contributed by atoms with van der Waals surface area (Å²) in [6.07, 6.45) is 1.75. The average Bonchev–Trinajstić information content (AvgIpc) is 2.24. The van der Waals surface area contributed by atoms with E-state index >= 15 is 0 Å². The number of hydrogen-bond acceptors (Lipinski definition) is 4. The minimum absolute atomic E-state index is 0.320. The lowest BCUT2D eigenvalue weighted by Gasteiger charge is -2.05. The van der Waals surface area contributed by atoms with Gasteiger partial charge < -0.3 is 5.73 Å². The average molecular weight is 231 g/mol. The lowest BCUT2D eigenvalue weighted by molar-refractivity contribution is 1.02. The standard InChI is InChI=1S/C12H13N3S/c1-8-4-3-5-10(6-8)16-11-9(2)7-14-12(13)15-11/h3-7H,1-2H3,(H2,13,14,15). The van der Waals surface area contributed by atoms with Crippen LogP contribution in [-0.4, -0.2) is 9.97 Å². The quantitative estimate of drug-likeness (QED) is 0.807. The third-order valence-corrected chi connectivity index (χ3v) is 3.24. The molecule has 82 valence electrons. The smallest absolute Gasteiger partial charge is 0.221 e. The maximum absolute atomic E-state index is 5.58. The highest BCUT2D eigenvalue weighted by molar-refractivity contribution is 7.99. The van der Waals surface area contributed by atoms with E-state index in [-0.39, 0.29) is 0 Å². The molecule has 3 nitrogen and oxygen atoms in total. The number of nitrogen functional groups attached to an aromatic ring is 1. The zero-order valence-electron chi connectivity index (χ0n) is 9.27. The summed E-state index contributed by atoms with van der Waals surface area (Å²) in [5.74, 6) is 0.320. The first-order chi connectivity index (χ1) is 7.65. The van der Waals surface area contributed by atoms with Gasteiger partial charge in [-0.15, -0.1) is 0 Å². The fourth-order valence-electron chi connectivity index (χ4n) is 1.33. The highest BCUT2D eigenvalue weighted by atomic mass is 32.2. The van der Waals surface area contributed by atoms with Crippen molar-refractivity contribution in [3.05, 3.63) is 41.6 Å². The van der Waals surface area contributed by atoms with Crippen LogP contribution in [0.15, 0.2) is 40.4 Å². The van der Waals surface area contributed by atoms with E-state index in [4.69, 9.17) is 5.73 Å². The van der Waals surface area contributed by atoms with Gasteiger partial charge in [0.2, 0.25) is 5.95 Å². The maximum Gasteiger partial charge on any atom is 0.221 e. The molecule has 0 unspecified atom stereocenters. The summed E-state index contributed by atoms with van der Waals surface area (Å²) in [5.41, 5.74) is 7.86. The van der Waals surface area contributed by atoms with Crippen LogP contribution in [0.3, 0.4) is 0 Å². The van der Waals surface area contributed by atoms with Crippen molar-refractivity contribution in [3.8, 4) is 0 Å². The number of nitrogens with two attached hydrogens (primary N) is 1. The van der Waals surface area contributed by atoms with Gasteiger partial charge in [0.1, 0.15) is 5.03 Å². The molecule has 0 amide bonds. The zero-order valence-corrected chi connectivity index (χ0v) is 10.1. The molecule has 0 saturated heterocycles. The van der Waals surface area contributed by atoms with Gasteiger partial charge in [0.05, 0.1) is 0 Å². The molecular weight excluding hydrogens is 218 g/mol. The Hall–Kier alpha value is -1.55. The van der Waals surface area contributed by atoms with E-state index in [0.717, 1.165) is 10.6 Å². The van der Waals surface area contributed by atoms with Crippen molar-refractivity contribution in [2.24, 2.45) is 0 Å². The summed E-state index contributed by atoms with van der Waals surface area (Å²) in [6.45, 7) is 4.06. The van der Waals surface area contributed by atoms with Gasteiger partial charge in [0.15, 0.2) is 0 Å². The summed E-state index contributed by atoms with van der Waals surface area (Å²) in [4.78, 5) is 9.35. The minimum Gasteiger partial charge on any atom is -0.368 e. The van der Waals surface area contributed by atoms with E-state index in [0.29, 0.717) is 5.95 Å². The summed E-state index contributed by atoms with van der Waals surface area (Å²) >= 11 is 1.61. The van der Waals surface area contributed by atoms with Crippen molar-refractivity contribution in [1.29, 1.82) is 0 Å². The van der Waals surface area contributed by atoms with Crippen molar-refractivity contribution in [3.63, 3.8) is 0 Å². The zero-order chi connectivity index (χ0) is 11.5. The number of hydrogen-bond donors (Lipinski definition) is 1. The fourth-order valence-corrected chi connectivity index (χ4v) is 2.30. The number of aryl methyl sites for hydroxylation is 2. The Kier molecular flexibility index (Phi) is 3.10. The Bertz CT molecular complexity index is 511. The Balaban J connectivity index is 2.30. The summed E-state index contributed by atoms with van der Waals surface area (Å²) < 4.78 is 0. The summed E-state index contributed by atoms with van der Waals surface area (Å²) in [6, 6.07) is 8.31. The predicted octanol–water partition coefficient (Wildman–Crippen LogP) is 2.83. The molecule has 0 aliphatic heterocycles. The number of anilines is 1. The number of aromatic nitrogens is 2. The minimum atomic E-state index is 0.320. The second kappa shape index (κ2) is 4.53. The van der Waals surface area contributed by atoms with Gasteiger partial charge in [0, 0.05) is 16.7 Å². The monoisotopic (exact) mass is 231 g/mol. The lowest BCUT2D eigenvalue weighted by atomic mass is 10.2. The first-order valence-electron chi connectivity index (χ1n) is 4.99. The van der Waals surface area contributed by atoms with Crippen molar-refractivity contribution in [2.45, 2.75) is 23.8 Å². The second-order valence-corrected chi connectivity index (χ2v) is 4.70. The highest BCUT2D eigenvalue weighted by Gasteiger charge is 2.04. The third-order valence-electron chi connectivity index (χ3n) is 2.15. The SMILES string of the molecule is Cc1cccc(Sc2nc(N)ncc2C)c1. The van der Waals surface area contributed by atoms with E-state index < -0.39 is 0 Å². The molecule has 1 aromatic carbocycles. The molecule has 4 heteroatoms. The van der Waals surface area contributed by atoms with Gasteiger partial charge in [0.25, 0.3) is 0 Å². The molecule has 0 aliphatic rings. The molecule has 1 heterocycles. The van der Waals surface area contributed by atoms with Crippen LogP contribution >= 0.6 is 11.8 Å². The van der Waals surface area contributed by atoms with E-state index in [1.807, 2.05) is 13.0 Å². The molecule has 0 atom stereocenters. The summed E-state index contributed by atoms with van der Waals surface area (Å²) in [7, 11) is 0. The molecule has 0 saturated carbocycles. The number of rotatable bonds is 2. The van der Waals surface area contributed by atoms with Crippen LogP contribution in [0.5, 0.6) is 0 Å². The van der Waals surface area contributed by atoms with Crippen molar-refractivity contribution >= 4 is 17.7 Å². The molecule has 0 fully saturated rings. The largest absolute Gasteiger partial charge is 0.368 e. The maximum atomic E-state index is 5.58. The molecule has 0 bridgehead atoms. The van der Waals surface area contributed by atoms with Crippen molar-refractivity contribution in [1.82, 2.24) is 9.97 Å². The molecule has 2 aromatic rings. The second-order valence-electron chi connectivity index (χ2n) is 3.63. The molecular formula is C12H13N3S. The van der Waals surface area contributed by atoms with Gasteiger partial charge in [-0.2, -0.15) is 0 Å². The van der Waals surface area contributed by atoms with Crippen molar-refractivity contribution in [2.75, 3.05) is 5.73 Å². The van der Waals surface area contributed by atoms with Crippen LogP contribution in [-0.2, 0) is 0 Å². The Labute approximate surface area is 99.1 Å². The topological polar surface area (TPSA) is 51.8 Å². The van der Waals surface area contributed by atoms with Crippen LogP contribution in [0.4, 0.5) is 5.95 Å². The Morgan fingerprint density at radius 3 is 2.81 bits per heavy atom. The van der Waals surface area contributed by atoms with E-state index in [9.17, 15) is 0 Å². The Morgan fingerprint density at radius 1 is 1.25 bits per heavy atom. The van der Waals surface area contributed by atoms with Crippen LogP contribution in [0, 0.1) is 13.8 Å². The molecule has 16 heavy (non-hydrogen) atoms. The van der Waals surface area contributed by atoms with Gasteiger partial charge >= 0.3 is 0 Å². The van der Waals surface area contributed by atoms with Crippen LogP contribution in [0.1, 0.15) is 11.1 Å². The number of nitrogens with zero attached hydrogens (tertiary/aromatic N) is 2.